The number of fused-ring (bicyclic) bond motifs is 1. The molecule has 0 bridgehead atoms. The first-order valence-corrected chi connectivity index (χ1v) is 6.60. The second-order valence-electron chi connectivity index (χ2n) is 4.68. The van der Waals surface area contributed by atoms with E-state index in [2.05, 4.69) is 4.98 Å². The summed E-state index contributed by atoms with van der Waals surface area (Å²) in [7, 11) is 3.25. The Bertz CT molecular complexity index is 800. The molecule has 0 fully saturated rings. The van der Waals surface area contributed by atoms with Crippen LogP contribution in [-0.2, 0) is 0 Å². The van der Waals surface area contributed by atoms with Crippen molar-refractivity contribution in [3.05, 3.63) is 48.7 Å². The van der Waals surface area contributed by atoms with Crippen LogP contribution in [0.15, 0.2) is 48.7 Å². The summed E-state index contributed by atoms with van der Waals surface area (Å²) in [6, 6.07) is 13.5. The van der Waals surface area contributed by atoms with Gasteiger partial charge in [-0.05, 0) is 29.7 Å². The Balaban J connectivity index is 2.32. The highest BCUT2D eigenvalue weighted by atomic mass is 16.5. The van der Waals surface area contributed by atoms with Crippen LogP contribution >= 0.6 is 0 Å². The zero-order valence-electron chi connectivity index (χ0n) is 12.0. The second-order valence-corrected chi connectivity index (χ2v) is 4.68. The lowest BCUT2D eigenvalue weighted by molar-refractivity contribution is 0.356. The average molecular weight is 280 g/mol. The number of benzene rings is 2. The molecule has 0 unspecified atom stereocenters. The minimum Gasteiger partial charge on any atom is -0.493 e. The van der Waals surface area contributed by atoms with Gasteiger partial charge < -0.3 is 15.2 Å². The molecule has 0 aliphatic rings. The van der Waals surface area contributed by atoms with E-state index in [1.165, 1.54) is 0 Å². The van der Waals surface area contributed by atoms with E-state index in [9.17, 15) is 0 Å². The van der Waals surface area contributed by atoms with Crippen LogP contribution in [0.1, 0.15) is 0 Å². The number of para-hydroxylation sites is 1. The number of pyridine rings is 1. The predicted molar refractivity (Wildman–Crippen MR) is 84.7 cm³/mol. The molecule has 2 aromatic carbocycles. The van der Waals surface area contributed by atoms with Crippen LogP contribution in [0, 0.1) is 0 Å². The summed E-state index contributed by atoms with van der Waals surface area (Å²) in [5.41, 5.74) is 8.53. The summed E-state index contributed by atoms with van der Waals surface area (Å²) in [5.74, 6) is 1.37. The Morgan fingerprint density at radius 3 is 2.38 bits per heavy atom. The zero-order valence-corrected chi connectivity index (χ0v) is 12.0. The fraction of sp³-hybridized carbons (Fsp3) is 0.118. The molecule has 2 N–H and O–H groups in total. The van der Waals surface area contributed by atoms with Gasteiger partial charge >= 0.3 is 0 Å². The number of nitrogens with zero attached hydrogens (tertiary/aromatic N) is 1. The largest absolute Gasteiger partial charge is 0.493 e. The first kappa shape index (κ1) is 13.2. The van der Waals surface area contributed by atoms with Gasteiger partial charge in [0.1, 0.15) is 0 Å². The van der Waals surface area contributed by atoms with E-state index in [0.717, 1.165) is 22.0 Å². The third-order valence-electron chi connectivity index (χ3n) is 3.48. The average Bonchev–Trinajstić information content (AvgIpc) is 2.53. The van der Waals surface area contributed by atoms with Gasteiger partial charge in [0.05, 0.1) is 19.9 Å². The number of anilines is 1. The summed E-state index contributed by atoms with van der Waals surface area (Å²) in [6.45, 7) is 0. The van der Waals surface area contributed by atoms with Crippen LogP contribution < -0.4 is 15.2 Å². The molecule has 4 heteroatoms. The molecule has 1 heterocycles. The molecule has 0 radical (unpaired) electrons. The molecule has 1 aromatic heterocycles. The molecule has 4 nitrogen and oxygen atoms in total. The van der Waals surface area contributed by atoms with E-state index in [1.807, 2.05) is 42.5 Å². The van der Waals surface area contributed by atoms with Crippen LogP contribution in [0.4, 0.5) is 5.69 Å². The van der Waals surface area contributed by atoms with E-state index in [-0.39, 0.29) is 0 Å². The molecule has 3 rings (SSSR count). The Morgan fingerprint density at radius 2 is 1.67 bits per heavy atom. The van der Waals surface area contributed by atoms with Gasteiger partial charge in [-0.25, -0.2) is 0 Å². The Morgan fingerprint density at radius 1 is 0.952 bits per heavy atom. The van der Waals surface area contributed by atoms with Crippen LogP contribution in [0.2, 0.25) is 0 Å². The highest BCUT2D eigenvalue weighted by molar-refractivity contribution is 5.98. The van der Waals surface area contributed by atoms with Gasteiger partial charge in [0.15, 0.2) is 11.5 Å². The second kappa shape index (κ2) is 5.32. The van der Waals surface area contributed by atoms with Gasteiger partial charge in [0, 0.05) is 22.8 Å². The number of ether oxygens (including phenoxy) is 2. The predicted octanol–water partition coefficient (Wildman–Crippen LogP) is 3.50. The maximum absolute atomic E-state index is 6.07. The van der Waals surface area contributed by atoms with Crippen molar-refractivity contribution < 1.29 is 9.47 Å². The van der Waals surface area contributed by atoms with E-state index in [0.29, 0.717) is 17.2 Å². The van der Waals surface area contributed by atoms with Crippen molar-refractivity contribution >= 4 is 16.5 Å². The van der Waals surface area contributed by atoms with Crippen molar-refractivity contribution in [2.45, 2.75) is 0 Å². The molecule has 0 aliphatic carbocycles. The first-order valence-electron chi connectivity index (χ1n) is 6.60. The van der Waals surface area contributed by atoms with Crippen LogP contribution in [0.3, 0.4) is 0 Å². The standard InChI is InChI=1S/C17H16N2O2/c1-20-15-9-11-7-8-19-17(13(11)10-16(15)21-2)12-5-3-4-6-14(12)18/h3-10H,18H2,1-2H3. The summed E-state index contributed by atoms with van der Waals surface area (Å²) < 4.78 is 10.7. The third kappa shape index (κ3) is 2.25. The molecule has 106 valence electrons. The van der Waals surface area contributed by atoms with E-state index in [1.54, 1.807) is 20.4 Å². The van der Waals surface area contributed by atoms with Crippen molar-refractivity contribution in [1.82, 2.24) is 4.98 Å². The number of rotatable bonds is 3. The number of aromatic nitrogens is 1. The molecule has 0 saturated carbocycles. The van der Waals surface area contributed by atoms with Crippen molar-refractivity contribution in [2.75, 3.05) is 20.0 Å². The lowest BCUT2D eigenvalue weighted by Gasteiger charge is -2.12. The monoisotopic (exact) mass is 280 g/mol. The molecule has 0 amide bonds. The maximum Gasteiger partial charge on any atom is 0.161 e. The summed E-state index contributed by atoms with van der Waals surface area (Å²) in [6.07, 6.45) is 1.77. The zero-order chi connectivity index (χ0) is 14.8. The quantitative estimate of drug-likeness (QED) is 0.746. The van der Waals surface area contributed by atoms with Gasteiger partial charge in [0.2, 0.25) is 0 Å². The third-order valence-corrected chi connectivity index (χ3v) is 3.48. The molecule has 0 spiro atoms. The molecule has 0 aliphatic heterocycles. The van der Waals surface area contributed by atoms with Crippen LogP contribution in [-0.4, -0.2) is 19.2 Å². The lowest BCUT2D eigenvalue weighted by Crippen LogP contribution is -1.95. The summed E-state index contributed by atoms with van der Waals surface area (Å²) in [4.78, 5) is 4.49. The van der Waals surface area contributed by atoms with Gasteiger partial charge in [-0.1, -0.05) is 18.2 Å². The molecule has 0 saturated heterocycles. The van der Waals surface area contributed by atoms with Gasteiger partial charge in [-0.2, -0.15) is 0 Å². The molecular weight excluding hydrogens is 264 g/mol. The van der Waals surface area contributed by atoms with E-state index < -0.39 is 0 Å². The Kier molecular flexibility index (Phi) is 3.36. The van der Waals surface area contributed by atoms with Crippen molar-refractivity contribution in [1.29, 1.82) is 0 Å². The minimum absolute atomic E-state index is 0.675. The van der Waals surface area contributed by atoms with E-state index in [4.69, 9.17) is 15.2 Å². The first-order chi connectivity index (χ1) is 10.2. The minimum atomic E-state index is 0.675. The molecule has 0 atom stereocenters. The Hall–Kier alpha value is -2.75. The van der Waals surface area contributed by atoms with Gasteiger partial charge in [-0.15, -0.1) is 0 Å². The Labute approximate surface area is 123 Å². The van der Waals surface area contributed by atoms with Crippen molar-refractivity contribution in [2.24, 2.45) is 0 Å². The normalized spacial score (nSPS) is 10.6. The van der Waals surface area contributed by atoms with Crippen LogP contribution in [0.5, 0.6) is 11.5 Å². The molecular formula is C17H16N2O2. The highest BCUT2D eigenvalue weighted by Crippen LogP contribution is 2.37. The van der Waals surface area contributed by atoms with Crippen molar-refractivity contribution in [3.63, 3.8) is 0 Å². The topological polar surface area (TPSA) is 57.4 Å². The smallest absolute Gasteiger partial charge is 0.161 e. The molecule has 21 heavy (non-hydrogen) atoms. The number of nitrogen functional groups attached to an aromatic ring is 1. The van der Waals surface area contributed by atoms with E-state index >= 15 is 0 Å². The number of methoxy groups -OCH3 is 2. The summed E-state index contributed by atoms with van der Waals surface area (Å²) >= 11 is 0. The van der Waals surface area contributed by atoms with Gasteiger partial charge in [0.25, 0.3) is 0 Å². The SMILES string of the molecule is COc1cc2ccnc(-c3ccccc3N)c2cc1OC. The fourth-order valence-electron chi connectivity index (χ4n) is 2.43. The number of nitrogens with two attached hydrogens (primary N) is 1. The lowest BCUT2D eigenvalue weighted by atomic mass is 10.0. The summed E-state index contributed by atoms with van der Waals surface area (Å²) in [5, 5.41) is 2.01. The molecule has 3 aromatic rings. The number of hydrogen-bond acceptors (Lipinski definition) is 4. The van der Waals surface area contributed by atoms with Gasteiger partial charge in [-0.3, -0.25) is 4.98 Å². The maximum atomic E-state index is 6.07. The van der Waals surface area contributed by atoms with Crippen LogP contribution in [0.25, 0.3) is 22.0 Å². The highest BCUT2D eigenvalue weighted by Gasteiger charge is 2.12. The van der Waals surface area contributed by atoms with Crippen molar-refractivity contribution in [3.8, 4) is 22.8 Å². The fourth-order valence-corrected chi connectivity index (χ4v) is 2.43. The number of hydrogen-bond donors (Lipinski definition) is 1.